The van der Waals surface area contributed by atoms with Gasteiger partial charge < -0.3 is 14.1 Å². The molecule has 31 heavy (non-hydrogen) atoms. The van der Waals surface area contributed by atoms with E-state index in [2.05, 4.69) is 5.10 Å². The van der Waals surface area contributed by atoms with Crippen molar-refractivity contribution in [2.45, 2.75) is 13.8 Å². The number of anilines is 1. The molecule has 0 radical (unpaired) electrons. The number of para-hydroxylation sites is 1. The number of carbonyl (C=O) groups excluding carboxylic acids is 1. The molecule has 0 unspecified atom stereocenters. The highest BCUT2D eigenvalue weighted by Crippen LogP contribution is 2.36. The number of benzene rings is 2. The van der Waals surface area contributed by atoms with Gasteiger partial charge in [0, 0.05) is 18.7 Å². The van der Waals surface area contributed by atoms with Crippen LogP contribution in [0.5, 0.6) is 0 Å². The Hall–Kier alpha value is -3.87. The zero-order chi connectivity index (χ0) is 22.0. The zero-order valence-corrected chi connectivity index (χ0v) is 17.7. The van der Waals surface area contributed by atoms with Crippen LogP contribution in [0.2, 0.25) is 0 Å². The molecule has 0 aliphatic carbocycles. The smallest absolute Gasteiger partial charge is 0.344 e. The van der Waals surface area contributed by atoms with Crippen molar-refractivity contribution in [2.75, 3.05) is 25.1 Å². The number of methoxy groups -OCH3 is 1. The van der Waals surface area contributed by atoms with Gasteiger partial charge in [0.25, 0.3) is 5.56 Å². The number of ether oxygens (including phenoxy) is 1. The van der Waals surface area contributed by atoms with Gasteiger partial charge in [-0.25, -0.2) is 4.79 Å². The van der Waals surface area contributed by atoms with Crippen LogP contribution in [0.4, 0.5) is 5.88 Å². The molecular formula is C24H23N3O4. The lowest BCUT2D eigenvalue weighted by atomic mass is 10.1. The largest absolute Gasteiger partial charge is 0.465 e. The zero-order valence-electron chi connectivity index (χ0n) is 17.7. The Bertz CT molecular complexity index is 1270. The lowest BCUT2D eigenvalue weighted by molar-refractivity contribution is 0.0602. The van der Waals surface area contributed by atoms with Crippen molar-refractivity contribution in [3.63, 3.8) is 0 Å². The molecule has 0 fully saturated rings. The fourth-order valence-corrected chi connectivity index (χ4v) is 3.64. The van der Waals surface area contributed by atoms with Gasteiger partial charge in [-0.3, -0.25) is 4.79 Å². The van der Waals surface area contributed by atoms with Gasteiger partial charge in [-0.15, -0.1) is 0 Å². The van der Waals surface area contributed by atoms with Gasteiger partial charge in [0.1, 0.15) is 16.6 Å². The van der Waals surface area contributed by atoms with Crippen LogP contribution in [0.1, 0.15) is 24.2 Å². The molecule has 7 heteroatoms. The van der Waals surface area contributed by atoms with Crippen LogP contribution in [0.25, 0.3) is 27.9 Å². The highest BCUT2D eigenvalue weighted by molar-refractivity contribution is 6.10. The highest BCUT2D eigenvalue weighted by atomic mass is 16.5. The molecule has 0 saturated heterocycles. The predicted molar refractivity (Wildman–Crippen MR) is 120 cm³/mol. The van der Waals surface area contributed by atoms with E-state index in [9.17, 15) is 9.59 Å². The second kappa shape index (κ2) is 8.47. The number of aromatic nitrogens is 2. The summed E-state index contributed by atoms with van der Waals surface area (Å²) in [5, 5.41) is 4.79. The molecule has 0 bridgehead atoms. The van der Waals surface area contributed by atoms with E-state index in [1.54, 1.807) is 12.1 Å². The Kier molecular flexibility index (Phi) is 5.58. The number of furan rings is 1. The van der Waals surface area contributed by atoms with E-state index in [1.807, 2.05) is 67.3 Å². The first-order valence-corrected chi connectivity index (χ1v) is 10.1. The van der Waals surface area contributed by atoms with E-state index in [0.717, 1.165) is 5.56 Å². The van der Waals surface area contributed by atoms with Gasteiger partial charge in [0.15, 0.2) is 5.58 Å². The number of esters is 1. The molecular weight excluding hydrogens is 394 g/mol. The maximum atomic E-state index is 13.6. The minimum atomic E-state index is -0.623. The maximum Gasteiger partial charge on any atom is 0.344 e. The number of hydrogen-bond donors (Lipinski definition) is 0. The van der Waals surface area contributed by atoms with Crippen molar-refractivity contribution in [1.82, 2.24) is 9.78 Å². The van der Waals surface area contributed by atoms with Crippen molar-refractivity contribution in [2.24, 2.45) is 0 Å². The molecule has 0 amide bonds. The van der Waals surface area contributed by atoms with Crippen LogP contribution in [-0.4, -0.2) is 35.9 Å². The number of carbonyl (C=O) groups is 1. The molecule has 0 aliphatic rings. The minimum Gasteiger partial charge on any atom is -0.465 e. The summed E-state index contributed by atoms with van der Waals surface area (Å²) < 4.78 is 12.5. The van der Waals surface area contributed by atoms with Gasteiger partial charge in [-0.1, -0.05) is 48.5 Å². The SMILES string of the molecule is CCN(CC)c1oc2c(-c3ccccc3)nn(-c3ccccc3)c(=O)c2c1C(=O)OC. The molecule has 4 rings (SSSR count). The van der Waals surface area contributed by atoms with Gasteiger partial charge in [0.05, 0.1) is 12.8 Å². The third kappa shape index (κ3) is 3.48. The van der Waals surface area contributed by atoms with Crippen LogP contribution >= 0.6 is 0 Å². The number of hydrogen-bond acceptors (Lipinski definition) is 6. The monoisotopic (exact) mass is 417 g/mol. The second-order valence-corrected chi connectivity index (χ2v) is 6.92. The molecule has 0 spiro atoms. The molecule has 0 saturated carbocycles. The summed E-state index contributed by atoms with van der Waals surface area (Å²) in [6, 6.07) is 18.5. The van der Waals surface area contributed by atoms with Gasteiger partial charge >= 0.3 is 5.97 Å². The van der Waals surface area contributed by atoms with Gasteiger partial charge in [0.2, 0.25) is 5.88 Å². The Morgan fingerprint density at radius 3 is 2.23 bits per heavy atom. The first kappa shape index (κ1) is 20.4. The molecule has 4 aromatic rings. The molecule has 2 aromatic heterocycles. The first-order valence-electron chi connectivity index (χ1n) is 10.1. The van der Waals surface area contributed by atoms with E-state index in [0.29, 0.717) is 30.4 Å². The van der Waals surface area contributed by atoms with E-state index >= 15 is 0 Å². The molecule has 0 N–H and O–H groups in total. The summed E-state index contributed by atoms with van der Waals surface area (Å²) >= 11 is 0. The van der Waals surface area contributed by atoms with Crippen molar-refractivity contribution in [3.8, 4) is 16.9 Å². The first-order chi connectivity index (χ1) is 15.1. The predicted octanol–water partition coefficient (Wildman–Crippen LogP) is 4.28. The molecule has 2 aromatic carbocycles. The molecule has 7 nitrogen and oxygen atoms in total. The minimum absolute atomic E-state index is 0.121. The number of rotatable bonds is 6. The maximum absolute atomic E-state index is 13.6. The number of nitrogens with zero attached hydrogens (tertiary/aromatic N) is 3. The van der Waals surface area contributed by atoms with Crippen molar-refractivity contribution in [3.05, 3.63) is 76.6 Å². The lowest BCUT2D eigenvalue weighted by Gasteiger charge is -2.18. The summed E-state index contributed by atoms with van der Waals surface area (Å²) in [4.78, 5) is 28.3. The fourth-order valence-electron chi connectivity index (χ4n) is 3.64. The Morgan fingerprint density at radius 2 is 1.65 bits per heavy atom. The van der Waals surface area contributed by atoms with E-state index in [4.69, 9.17) is 9.15 Å². The van der Waals surface area contributed by atoms with Crippen molar-refractivity contribution in [1.29, 1.82) is 0 Å². The average Bonchev–Trinajstić information content (AvgIpc) is 3.22. The average molecular weight is 417 g/mol. The van der Waals surface area contributed by atoms with Crippen LogP contribution in [0, 0.1) is 0 Å². The Labute approximate surface area is 179 Å². The quantitative estimate of drug-likeness (QED) is 0.436. The normalized spacial score (nSPS) is 10.9. The van der Waals surface area contributed by atoms with Gasteiger partial charge in [-0.05, 0) is 26.0 Å². The summed E-state index contributed by atoms with van der Waals surface area (Å²) in [7, 11) is 1.29. The summed E-state index contributed by atoms with van der Waals surface area (Å²) in [6.07, 6.45) is 0. The number of fused-ring (bicyclic) bond motifs is 1. The van der Waals surface area contributed by atoms with E-state index in [-0.39, 0.29) is 16.5 Å². The molecule has 2 heterocycles. The van der Waals surface area contributed by atoms with E-state index < -0.39 is 11.5 Å². The summed E-state index contributed by atoms with van der Waals surface area (Å²) in [6.45, 7) is 5.11. The summed E-state index contributed by atoms with van der Waals surface area (Å²) in [5.41, 5.74) is 1.79. The molecule has 0 atom stereocenters. The third-order valence-corrected chi connectivity index (χ3v) is 5.20. The second-order valence-electron chi connectivity index (χ2n) is 6.92. The van der Waals surface area contributed by atoms with Crippen LogP contribution in [0.15, 0.2) is 69.9 Å². The van der Waals surface area contributed by atoms with Crippen LogP contribution < -0.4 is 10.5 Å². The summed E-state index contributed by atoms with van der Waals surface area (Å²) in [5.74, 6) is -0.309. The molecule has 158 valence electrons. The van der Waals surface area contributed by atoms with Crippen LogP contribution in [0.3, 0.4) is 0 Å². The third-order valence-electron chi connectivity index (χ3n) is 5.20. The Balaban J connectivity index is 2.17. The van der Waals surface area contributed by atoms with Gasteiger partial charge in [-0.2, -0.15) is 9.78 Å². The van der Waals surface area contributed by atoms with Crippen molar-refractivity contribution < 1.29 is 13.9 Å². The standard InChI is InChI=1S/C24H23N3O4/c1-4-26(5-2)23-19(24(29)30-3)18-21(31-23)20(16-12-8-6-9-13-16)25-27(22(18)28)17-14-10-7-11-15-17/h6-15H,4-5H2,1-3H3. The highest BCUT2D eigenvalue weighted by Gasteiger charge is 2.30. The Morgan fingerprint density at radius 1 is 1.03 bits per heavy atom. The van der Waals surface area contributed by atoms with E-state index in [1.165, 1.54) is 11.8 Å². The van der Waals surface area contributed by atoms with Crippen molar-refractivity contribution >= 4 is 22.8 Å². The lowest BCUT2D eigenvalue weighted by Crippen LogP contribution is -2.25. The van der Waals surface area contributed by atoms with Crippen LogP contribution in [-0.2, 0) is 4.74 Å². The fraction of sp³-hybridized carbons (Fsp3) is 0.208. The molecule has 0 aliphatic heterocycles. The topological polar surface area (TPSA) is 77.6 Å².